The largest absolute Gasteiger partial charge is 0.281 e. The van der Waals surface area contributed by atoms with Crippen LogP contribution in [0.25, 0.3) is 21.3 Å². The Bertz CT molecular complexity index is 1230. The molecule has 0 aliphatic heterocycles. The van der Waals surface area contributed by atoms with E-state index in [2.05, 4.69) is 10.4 Å². The van der Waals surface area contributed by atoms with Crippen LogP contribution in [0.1, 0.15) is 10.4 Å². The van der Waals surface area contributed by atoms with E-state index in [0.717, 1.165) is 20.7 Å². The van der Waals surface area contributed by atoms with Crippen LogP contribution in [0, 0.1) is 6.92 Å². The van der Waals surface area contributed by atoms with Crippen molar-refractivity contribution < 1.29 is 4.79 Å². The molecule has 0 saturated heterocycles. The summed E-state index contributed by atoms with van der Waals surface area (Å²) in [5.74, 6) is -0.343. The monoisotopic (exact) mass is 409 g/mol. The predicted octanol–water partition coefficient (Wildman–Crippen LogP) is 4.40. The number of benzene rings is 2. The summed E-state index contributed by atoms with van der Waals surface area (Å²) < 4.78 is 1.14. The number of nitrogens with one attached hydrogen (secondary N) is 1. The third kappa shape index (κ3) is 3.44. The number of hydrogen-bond acceptors (Lipinski definition) is 4. The first kappa shape index (κ1) is 18.4. The highest BCUT2D eigenvalue weighted by atomic mass is 35.5. The van der Waals surface area contributed by atoms with E-state index >= 15 is 0 Å². The van der Waals surface area contributed by atoms with E-state index in [0.29, 0.717) is 20.8 Å². The van der Waals surface area contributed by atoms with E-state index in [1.165, 1.54) is 17.7 Å². The number of halogens is 1. The zero-order valence-corrected chi connectivity index (χ0v) is 16.6. The van der Waals surface area contributed by atoms with Crippen LogP contribution >= 0.6 is 22.9 Å². The molecule has 140 valence electrons. The van der Waals surface area contributed by atoms with Crippen LogP contribution in [0.5, 0.6) is 0 Å². The van der Waals surface area contributed by atoms with E-state index in [4.69, 9.17) is 11.6 Å². The maximum atomic E-state index is 13.1. The molecule has 0 aliphatic carbocycles. The molecule has 1 N–H and O–H groups in total. The molecule has 7 heteroatoms. The molecule has 2 aromatic carbocycles. The van der Waals surface area contributed by atoms with Crippen molar-refractivity contribution in [2.45, 2.75) is 13.3 Å². The predicted molar refractivity (Wildman–Crippen MR) is 114 cm³/mol. The van der Waals surface area contributed by atoms with Gasteiger partial charge in [-0.3, -0.25) is 15.0 Å². The van der Waals surface area contributed by atoms with Crippen molar-refractivity contribution in [2.24, 2.45) is 0 Å². The van der Waals surface area contributed by atoms with Crippen LogP contribution in [0.2, 0.25) is 5.02 Å². The third-order valence-corrected chi connectivity index (χ3v) is 5.79. The quantitative estimate of drug-likeness (QED) is 0.543. The van der Waals surface area contributed by atoms with Gasteiger partial charge in [0.25, 0.3) is 5.56 Å². The molecule has 0 unspecified atom stereocenters. The topological polar surface area (TPSA) is 64.0 Å². The fourth-order valence-corrected chi connectivity index (χ4v) is 4.33. The second-order valence-corrected chi connectivity index (χ2v) is 7.91. The van der Waals surface area contributed by atoms with Crippen molar-refractivity contribution in [3.05, 3.63) is 86.7 Å². The third-order valence-electron chi connectivity index (χ3n) is 4.41. The lowest BCUT2D eigenvalue weighted by Crippen LogP contribution is -2.34. The molecule has 5 nitrogen and oxygen atoms in total. The maximum absolute atomic E-state index is 13.1. The lowest BCUT2D eigenvalue weighted by Gasteiger charge is -2.09. The molecule has 2 heterocycles. The minimum atomic E-state index is -0.343. The zero-order chi connectivity index (χ0) is 19.7. The molecule has 2 aromatic heterocycles. The van der Waals surface area contributed by atoms with Crippen LogP contribution in [0.3, 0.4) is 0 Å². The van der Waals surface area contributed by atoms with E-state index in [1.807, 2.05) is 43.3 Å². The Morgan fingerprint density at radius 1 is 1.14 bits per heavy atom. The Morgan fingerprint density at radius 2 is 1.86 bits per heavy atom. The summed E-state index contributed by atoms with van der Waals surface area (Å²) in [5, 5.41) is 1.02. The average molecular weight is 410 g/mol. The Kier molecular flexibility index (Phi) is 4.98. The fraction of sp³-hybridized carbons (Fsp3) is 0.0952. The zero-order valence-electron chi connectivity index (χ0n) is 15.0. The number of thiophene rings is 1. The highest BCUT2D eigenvalue weighted by Crippen LogP contribution is 2.35. The molecule has 1 amide bonds. The molecule has 28 heavy (non-hydrogen) atoms. The lowest BCUT2D eigenvalue weighted by molar-refractivity contribution is -0.116. The van der Waals surface area contributed by atoms with Crippen molar-refractivity contribution >= 4 is 39.1 Å². The van der Waals surface area contributed by atoms with E-state index in [-0.39, 0.29) is 17.9 Å². The number of carbonyl (C=O) groups is 1. The van der Waals surface area contributed by atoms with Crippen molar-refractivity contribution in [3.63, 3.8) is 0 Å². The van der Waals surface area contributed by atoms with Crippen LogP contribution in [0.4, 0.5) is 0 Å². The van der Waals surface area contributed by atoms with Gasteiger partial charge in [0.05, 0.1) is 11.8 Å². The van der Waals surface area contributed by atoms with Crippen LogP contribution in [-0.4, -0.2) is 15.6 Å². The summed E-state index contributed by atoms with van der Waals surface area (Å²) in [6.45, 7) is 1.97. The molecule has 0 fully saturated rings. The average Bonchev–Trinajstić information content (AvgIpc) is 3.03. The Hall–Kier alpha value is -2.96. The highest BCUT2D eigenvalue weighted by Gasteiger charge is 2.17. The molecule has 0 spiro atoms. The van der Waals surface area contributed by atoms with Gasteiger partial charge in [-0.2, -0.15) is 0 Å². The van der Waals surface area contributed by atoms with Gasteiger partial charge in [-0.25, -0.2) is 9.66 Å². The number of aryl methyl sites for hydroxylation is 1. The molecule has 4 rings (SSSR count). The fourth-order valence-electron chi connectivity index (χ4n) is 3.12. The van der Waals surface area contributed by atoms with Gasteiger partial charge in [0.1, 0.15) is 11.2 Å². The Balaban J connectivity index is 1.71. The van der Waals surface area contributed by atoms with E-state index in [1.54, 1.807) is 18.2 Å². The molecule has 4 aromatic rings. The summed E-state index contributed by atoms with van der Waals surface area (Å²) in [7, 11) is 0. The summed E-state index contributed by atoms with van der Waals surface area (Å²) in [4.78, 5) is 31.5. The first-order chi connectivity index (χ1) is 13.5. The van der Waals surface area contributed by atoms with E-state index < -0.39 is 0 Å². The van der Waals surface area contributed by atoms with Crippen LogP contribution in [-0.2, 0) is 11.2 Å². The maximum Gasteiger partial charge on any atom is 0.281 e. The summed E-state index contributed by atoms with van der Waals surface area (Å²) in [5.41, 5.74) is 4.81. The number of aromatic nitrogens is 2. The summed E-state index contributed by atoms with van der Waals surface area (Å²) >= 11 is 7.58. The van der Waals surface area contributed by atoms with Crippen molar-refractivity contribution in [2.75, 3.05) is 5.43 Å². The van der Waals surface area contributed by atoms with Crippen LogP contribution in [0.15, 0.2) is 65.7 Å². The molecular formula is C21H16ClN3O2S. The number of fused-ring (bicyclic) bond motifs is 1. The number of nitrogens with zero attached hydrogens (tertiary/aromatic N) is 2. The summed E-state index contributed by atoms with van der Waals surface area (Å²) in [6, 6.07) is 16.8. The molecule has 0 bridgehead atoms. The van der Waals surface area contributed by atoms with Gasteiger partial charge in [-0.15, -0.1) is 11.3 Å². The van der Waals surface area contributed by atoms with Crippen molar-refractivity contribution in [1.82, 2.24) is 9.66 Å². The van der Waals surface area contributed by atoms with Gasteiger partial charge in [0.2, 0.25) is 5.91 Å². The van der Waals surface area contributed by atoms with Crippen LogP contribution < -0.4 is 11.0 Å². The molecule has 0 saturated carbocycles. The SMILES string of the molecule is Cc1sc2ncn(NC(=O)Cc3ccccc3Cl)c(=O)c2c1-c1ccccc1. The van der Waals surface area contributed by atoms with Gasteiger partial charge in [0, 0.05) is 15.5 Å². The molecular weight excluding hydrogens is 394 g/mol. The summed E-state index contributed by atoms with van der Waals surface area (Å²) in [6.07, 6.45) is 1.41. The van der Waals surface area contributed by atoms with Gasteiger partial charge in [-0.1, -0.05) is 60.1 Å². The van der Waals surface area contributed by atoms with Gasteiger partial charge in [0.15, 0.2) is 0 Å². The Morgan fingerprint density at radius 3 is 2.61 bits per heavy atom. The van der Waals surface area contributed by atoms with Gasteiger partial charge in [-0.05, 0) is 24.1 Å². The normalized spacial score (nSPS) is 10.9. The molecule has 0 aliphatic rings. The second-order valence-electron chi connectivity index (χ2n) is 6.30. The number of hydrogen-bond donors (Lipinski definition) is 1. The van der Waals surface area contributed by atoms with Gasteiger partial charge >= 0.3 is 0 Å². The van der Waals surface area contributed by atoms with E-state index in [9.17, 15) is 9.59 Å². The first-order valence-electron chi connectivity index (χ1n) is 8.64. The van der Waals surface area contributed by atoms with Crippen molar-refractivity contribution in [3.8, 4) is 11.1 Å². The molecule has 0 radical (unpaired) electrons. The second kappa shape index (κ2) is 7.58. The number of rotatable bonds is 4. The smallest absolute Gasteiger partial charge is 0.273 e. The minimum absolute atomic E-state index is 0.0678. The lowest BCUT2D eigenvalue weighted by atomic mass is 10.0. The standard InChI is InChI=1S/C21H16ClN3O2S/c1-13-18(14-7-3-2-4-8-14)19-20(28-13)23-12-25(21(19)27)24-17(26)11-15-9-5-6-10-16(15)22/h2-10,12H,11H2,1H3,(H,24,26). The number of amides is 1. The van der Waals surface area contributed by atoms with Crippen molar-refractivity contribution in [1.29, 1.82) is 0 Å². The first-order valence-corrected chi connectivity index (χ1v) is 9.83. The minimum Gasteiger partial charge on any atom is -0.273 e. The van der Waals surface area contributed by atoms with Gasteiger partial charge < -0.3 is 0 Å². The molecule has 0 atom stereocenters. The number of carbonyl (C=O) groups excluding carboxylic acids is 1. The highest BCUT2D eigenvalue weighted by molar-refractivity contribution is 7.19. The Labute approximate surface area is 170 Å².